The van der Waals surface area contributed by atoms with Crippen LogP contribution in [0.1, 0.15) is 11.1 Å². The molecule has 0 spiro atoms. The number of para-hydroxylation sites is 1. The molecule has 0 fully saturated rings. The second-order valence-electron chi connectivity index (χ2n) is 5.65. The number of methoxy groups -OCH3 is 2. The summed E-state index contributed by atoms with van der Waals surface area (Å²) in [6.45, 7) is 0.365. The molecule has 3 aromatic rings. The van der Waals surface area contributed by atoms with E-state index in [0.29, 0.717) is 18.0 Å². The molecule has 0 radical (unpaired) electrons. The highest BCUT2D eigenvalue weighted by Gasteiger charge is 2.06. The number of pyridine rings is 1. The molecule has 1 aromatic heterocycles. The molecule has 1 heterocycles. The lowest BCUT2D eigenvalue weighted by Gasteiger charge is -2.10. The summed E-state index contributed by atoms with van der Waals surface area (Å²) < 4.78 is 10.5. The third-order valence-corrected chi connectivity index (χ3v) is 4.03. The van der Waals surface area contributed by atoms with Gasteiger partial charge in [0.2, 0.25) is 5.91 Å². The maximum absolute atomic E-state index is 12.2. The molecule has 0 aliphatic carbocycles. The molecule has 1 amide bonds. The Kier molecular flexibility index (Phi) is 5.49. The van der Waals surface area contributed by atoms with E-state index in [1.165, 1.54) is 6.08 Å². The van der Waals surface area contributed by atoms with E-state index < -0.39 is 0 Å². The van der Waals surface area contributed by atoms with Crippen LogP contribution in [-0.4, -0.2) is 25.1 Å². The van der Waals surface area contributed by atoms with E-state index in [2.05, 4.69) is 10.3 Å². The van der Waals surface area contributed by atoms with Gasteiger partial charge in [-0.3, -0.25) is 9.78 Å². The van der Waals surface area contributed by atoms with E-state index in [-0.39, 0.29) is 5.91 Å². The predicted molar refractivity (Wildman–Crippen MR) is 102 cm³/mol. The Hall–Kier alpha value is -3.34. The molecule has 2 aromatic carbocycles. The number of aromatic nitrogens is 1. The monoisotopic (exact) mass is 348 g/mol. The minimum absolute atomic E-state index is 0.184. The Morgan fingerprint density at radius 2 is 1.96 bits per heavy atom. The number of carbonyl (C=O) groups excluding carboxylic acids is 1. The number of ether oxygens (including phenoxy) is 2. The minimum Gasteiger partial charge on any atom is -0.497 e. The lowest BCUT2D eigenvalue weighted by atomic mass is 10.1. The Balaban J connectivity index is 1.68. The molecular formula is C21H20N2O3. The number of nitrogens with zero attached hydrogens (tertiary/aromatic N) is 1. The van der Waals surface area contributed by atoms with Crippen LogP contribution in [0, 0.1) is 0 Å². The number of benzene rings is 2. The van der Waals surface area contributed by atoms with Crippen LogP contribution in [0.15, 0.2) is 60.8 Å². The summed E-state index contributed by atoms with van der Waals surface area (Å²) in [6.07, 6.45) is 5.03. The largest absolute Gasteiger partial charge is 0.497 e. The second kappa shape index (κ2) is 8.16. The minimum atomic E-state index is -0.184. The second-order valence-corrected chi connectivity index (χ2v) is 5.65. The Bertz CT molecular complexity index is 946. The van der Waals surface area contributed by atoms with Crippen molar-refractivity contribution in [1.29, 1.82) is 0 Å². The SMILES string of the molecule is COc1ccc(CNC(=O)/C=C/c2cccc3cccnc23)c(OC)c1. The van der Waals surface area contributed by atoms with E-state index >= 15 is 0 Å². The van der Waals surface area contributed by atoms with Crippen LogP contribution >= 0.6 is 0 Å². The van der Waals surface area contributed by atoms with Gasteiger partial charge in [0, 0.05) is 41.4 Å². The summed E-state index contributed by atoms with van der Waals surface area (Å²) in [6, 6.07) is 15.3. The van der Waals surface area contributed by atoms with Gasteiger partial charge >= 0.3 is 0 Å². The third-order valence-electron chi connectivity index (χ3n) is 4.03. The Morgan fingerprint density at radius 1 is 1.12 bits per heavy atom. The molecule has 26 heavy (non-hydrogen) atoms. The molecule has 0 atom stereocenters. The Labute approximate surface area is 152 Å². The molecule has 5 nitrogen and oxygen atoms in total. The van der Waals surface area contributed by atoms with Gasteiger partial charge in [-0.1, -0.05) is 24.3 Å². The molecule has 3 rings (SSSR count). The number of carbonyl (C=O) groups is 1. The average Bonchev–Trinajstić information content (AvgIpc) is 2.70. The van der Waals surface area contributed by atoms with Crippen molar-refractivity contribution >= 4 is 22.9 Å². The summed E-state index contributed by atoms with van der Waals surface area (Å²) in [4.78, 5) is 16.5. The van der Waals surface area contributed by atoms with Crippen LogP contribution in [0.3, 0.4) is 0 Å². The van der Waals surface area contributed by atoms with Crippen molar-refractivity contribution in [1.82, 2.24) is 10.3 Å². The van der Waals surface area contributed by atoms with Gasteiger partial charge in [0.15, 0.2) is 0 Å². The summed E-state index contributed by atoms with van der Waals surface area (Å²) in [5, 5.41) is 3.90. The van der Waals surface area contributed by atoms with Crippen molar-refractivity contribution in [3.8, 4) is 11.5 Å². The molecule has 0 bridgehead atoms. The highest BCUT2D eigenvalue weighted by atomic mass is 16.5. The first kappa shape index (κ1) is 17.5. The zero-order chi connectivity index (χ0) is 18.4. The van der Waals surface area contributed by atoms with Crippen molar-refractivity contribution in [2.75, 3.05) is 14.2 Å². The zero-order valence-electron chi connectivity index (χ0n) is 14.7. The van der Waals surface area contributed by atoms with Crippen LogP contribution in [0.5, 0.6) is 11.5 Å². The van der Waals surface area contributed by atoms with Crippen molar-refractivity contribution in [3.63, 3.8) is 0 Å². The average molecular weight is 348 g/mol. The molecule has 0 saturated carbocycles. The van der Waals surface area contributed by atoms with Crippen LogP contribution in [-0.2, 0) is 11.3 Å². The van der Waals surface area contributed by atoms with Crippen molar-refractivity contribution < 1.29 is 14.3 Å². The van der Waals surface area contributed by atoms with Crippen LogP contribution in [0.25, 0.3) is 17.0 Å². The van der Waals surface area contributed by atoms with Gasteiger partial charge in [-0.25, -0.2) is 0 Å². The maximum Gasteiger partial charge on any atom is 0.244 e. The number of fused-ring (bicyclic) bond motifs is 1. The molecule has 0 aliphatic heterocycles. The number of hydrogen-bond donors (Lipinski definition) is 1. The lowest BCUT2D eigenvalue weighted by Crippen LogP contribution is -2.20. The van der Waals surface area contributed by atoms with E-state index in [1.807, 2.05) is 42.5 Å². The highest BCUT2D eigenvalue weighted by molar-refractivity contribution is 5.95. The summed E-state index contributed by atoms with van der Waals surface area (Å²) in [7, 11) is 3.19. The van der Waals surface area contributed by atoms with Crippen molar-refractivity contribution in [2.45, 2.75) is 6.54 Å². The van der Waals surface area contributed by atoms with Gasteiger partial charge in [0.1, 0.15) is 11.5 Å². The van der Waals surface area contributed by atoms with E-state index in [1.54, 1.807) is 32.6 Å². The number of nitrogens with one attached hydrogen (secondary N) is 1. The fourth-order valence-electron chi connectivity index (χ4n) is 2.67. The molecule has 0 aliphatic rings. The first-order valence-electron chi connectivity index (χ1n) is 8.22. The molecule has 5 heteroatoms. The van der Waals surface area contributed by atoms with Gasteiger partial charge < -0.3 is 14.8 Å². The third kappa shape index (κ3) is 4.00. The molecule has 132 valence electrons. The molecule has 0 saturated heterocycles. The molecule has 1 N–H and O–H groups in total. The van der Waals surface area contributed by atoms with Gasteiger partial charge in [-0.2, -0.15) is 0 Å². The summed E-state index contributed by atoms with van der Waals surface area (Å²) >= 11 is 0. The van der Waals surface area contributed by atoms with Gasteiger partial charge in [0.05, 0.1) is 19.7 Å². The fourth-order valence-corrected chi connectivity index (χ4v) is 2.67. The predicted octanol–water partition coefficient (Wildman–Crippen LogP) is 3.58. The standard InChI is InChI=1S/C21H20N2O3/c1-25-18-10-8-17(19(13-18)26-2)14-23-20(24)11-9-16-6-3-5-15-7-4-12-22-21(15)16/h3-13H,14H2,1-2H3,(H,23,24)/b11-9+. The Morgan fingerprint density at radius 3 is 2.77 bits per heavy atom. The van der Waals surface area contributed by atoms with Crippen molar-refractivity contribution in [2.24, 2.45) is 0 Å². The first-order chi connectivity index (χ1) is 12.7. The van der Waals surface area contributed by atoms with E-state index in [0.717, 1.165) is 22.0 Å². The van der Waals surface area contributed by atoms with Crippen molar-refractivity contribution in [3.05, 3.63) is 71.9 Å². The fraction of sp³-hybridized carbons (Fsp3) is 0.143. The zero-order valence-corrected chi connectivity index (χ0v) is 14.7. The molecular weight excluding hydrogens is 328 g/mol. The smallest absolute Gasteiger partial charge is 0.244 e. The first-order valence-corrected chi connectivity index (χ1v) is 8.22. The van der Waals surface area contributed by atoms with Gasteiger partial charge in [0.25, 0.3) is 0 Å². The van der Waals surface area contributed by atoms with E-state index in [9.17, 15) is 4.79 Å². The summed E-state index contributed by atoms with van der Waals surface area (Å²) in [5.74, 6) is 1.20. The maximum atomic E-state index is 12.2. The number of amides is 1. The number of rotatable bonds is 6. The molecule has 0 unspecified atom stereocenters. The van der Waals surface area contributed by atoms with Crippen LogP contribution < -0.4 is 14.8 Å². The summed E-state index contributed by atoms with van der Waals surface area (Å²) in [5.41, 5.74) is 2.65. The van der Waals surface area contributed by atoms with Crippen LogP contribution in [0.4, 0.5) is 0 Å². The normalized spacial score (nSPS) is 10.8. The lowest BCUT2D eigenvalue weighted by molar-refractivity contribution is -0.116. The van der Waals surface area contributed by atoms with E-state index in [4.69, 9.17) is 9.47 Å². The van der Waals surface area contributed by atoms with Crippen LogP contribution in [0.2, 0.25) is 0 Å². The van der Waals surface area contributed by atoms with Gasteiger partial charge in [-0.05, 0) is 24.3 Å². The highest BCUT2D eigenvalue weighted by Crippen LogP contribution is 2.24. The number of hydrogen-bond acceptors (Lipinski definition) is 4. The topological polar surface area (TPSA) is 60.5 Å². The van der Waals surface area contributed by atoms with Gasteiger partial charge in [-0.15, -0.1) is 0 Å². The quantitative estimate of drug-likeness (QED) is 0.692.